The Hall–Kier alpha value is -0.700. The topological polar surface area (TPSA) is 52.6 Å². The molecule has 122 valence electrons. The van der Waals surface area contributed by atoms with Gasteiger partial charge < -0.3 is 10.2 Å². The van der Waals surface area contributed by atoms with Gasteiger partial charge in [0.1, 0.15) is 0 Å². The summed E-state index contributed by atoms with van der Waals surface area (Å²) < 4.78 is 27.5. The zero-order chi connectivity index (χ0) is 16.3. The molecule has 8 heteroatoms. The van der Waals surface area contributed by atoms with Crippen LogP contribution in [0.4, 0.5) is 0 Å². The zero-order valence-electron chi connectivity index (χ0n) is 12.6. The van der Waals surface area contributed by atoms with Gasteiger partial charge >= 0.3 is 0 Å². The van der Waals surface area contributed by atoms with Crippen molar-refractivity contribution in [2.45, 2.75) is 24.8 Å². The van der Waals surface area contributed by atoms with Crippen molar-refractivity contribution in [1.82, 2.24) is 14.5 Å². The number of rotatable bonds is 3. The molecule has 1 heterocycles. The van der Waals surface area contributed by atoms with E-state index in [1.54, 1.807) is 18.2 Å². The van der Waals surface area contributed by atoms with Crippen LogP contribution in [0.1, 0.15) is 13.8 Å². The molecule has 1 aromatic carbocycles. The van der Waals surface area contributed by atoms with Crippen LogP contribution < -0.4 is 5.32 Å². The van der Waals surface area contributed by atoms with Crippen molar-refractivity contribution in [3.8, 4) is 0 Å². The number of nitrogens with one attached hydrogen (secondary N) is 1. The molecule has 22 heavy (non-hydrogen) atoms. The number of benzene rings is 1. The highest BCUT2D eigenvalue weighted by atomic mass is 79.9. The minimum Gasteiger partial charge on any atom is -0.360 e. The Kier molecular flexibility index (Phi) is 5.81. The summed E-state index contributed by atoms with van der Waals surface area (Å²) >= 11 is 8.65. The predicted octanol–water partition coefficient (Wildman–Crippen LogP) is 2.04. The average Bonchev–Trinajstić information content (AvgIpc) is 2.46. The molecule has 1 N–H and O–H groups in total. The maximum Gasteiger partial charge on any atom is 0.243 e. The smallest absolute Gasteiger partial charge is 0.243 e. The molecule has 2 rings (SSSR count). The van der Waals surface area contributed by atoms with Gasteiger partial charge in [0.25, 0.3) is 0 Å². The Morgan fingerprint density at radius 1 is 1.27 bits per heavy atom. The van der Waals surface area contributed by atoms with Crippen LogP contribution in [0.2, 0.25) is 0 Å². The van der Waals surface area contributed by atoms with E-state index in [9.17, 15) is 8.42 Å². The van der Waals surface area contributed by atoms with E-state index in [1.165, 1.54) is 4.31 Å². The summed E-state index contributed by atoms with van der Waals surface area (Å²) in [5, 5.41) is 3.88. The third-order valence-corrected chi connectivity index (χ3v) is 6.14. The van der Waals surface area contributed by atoms with E-state index in [0.29, 0.717) is 36.2 Å². The highest BCUT2D eigenvalue weighted by Crippen LogP contribution is 2.21. The number of sulfonamides is 1. The van der Waals surface area contributed by atoms with Crippen LogP contribution in [0.3, 0.4) is 0 Å². The molecule has 0 saturated carbocycles. The first-order valence-electron chi connectivity index (χ1n) is 7.12. The van der Waals surface area contributed by atoms with Crippen molar-refractivity contribution in [3.05, 3.63) is 28.7 Å². The van der Waals surface area contributed by atoms with Crippen LogP contribution in [0.25, 0.3) is 0 Å². The minimum atomic E-state index is -3.44. The first-order valence-corrected chi connectivity index (χ1v) is 9.76. The second kappa shape index (κ2) is 7.25. The van der Waals surface area contributed by atoms with Gasteiger partial charge in [-0.05, 0) is 44.3 Å². The van der Waals surface area contributed by atoms with Crippen LogP contribution in [0.15, 0.2) is 33.6 Å². The summed E-state index contributed by atoms with van der Waals surface area (Å²) in [7, 11) is -3.44. The first-order chi connectivity index (χ1) is 10.3. The highest BCUT2D eigenvalue weighted by molar-refractivity contribution is 9.10. The minimum absolute atomic E-state index is 0.274. The van der Waals surface area contributed by atoms with Gasteiger partial charge in [-0.1, -0.05) is 22.0 Å². The van der Waals surface area contributed by atoms with Crippen LogP contribution in [-0.2, 0) is 10.0 Å². The van der Waals surface area contributed by atoms with E-state index in [2.05, 4.69) is 21.2 Å². The number of hydrogen-bond acceptors (Lipinski definition) is 3. The molecule has 0 radical (unpaired) electrons. The second-order valence-electron chi connectivity index (χ2n) is 5.45. The van der Waals surface area contributed by atoms with Crippen molar-refractivity contribution in [1.29, 1.82) is 0 Å². The number of nitrogens with zero attached hydrogens (tertiary/aromatic N) is 2. The van der Waals surface area contributed by atoms with Gasteiger partial charge in [-0.15, -0.1) is 0 Å². The molecular formula is C14H20BrN3O2S2. The summed E-state index contributed by atoms with van der Waals surface area (Å²) in [6.45, 7) is 6.14. The van der Waals surface area contributed by atoms with Gasteiger partial charge in [0.05, 0.1) is 4.90 Å². The fourth-order valence-corrected chi connectivity index (χ4v) is 4.68. The standard InChI is InChI=1S/C14H20BrN3O2S2/c1-11(2)16-14(21)17-6-8-18(9-7-17)22(19,20)13-5-3-4-12(15)10-13/h3-5,10-11H,6-9H2,1-2H3,(H,16,21). The molecule has 0 bridgehead atoms. The molecular weight excluding hydrogens is 386 g/mol. The van der Waals surface area contributed by atoms with Crippen LogP contribution in [-0.4, -0.2) is 55.0 Å². The molecule has 0 aromatic heterocycles. The van der Waals surface area contributed by atoms with Crippen molar-refractivity contribution in [2.24, 2.45) is 0 Å². The number of piperazine rings is 1. The quantitative estimate of drug-likeness (QED) is 0.779. The lowest BCUT2D eigenvalue weighted by molar-refractivity contribution is 0.263. The molecule has 0 spiro atoms. The maximum absolute atomic E-state index is 12.6. The Balaban J connectivity index is 2.03. The zero-order valence-corrected chi connectivity index (χ0v) is 15.8. The number of thiocarbonyl (C=S) groups is 1. The van der Waals surface area contributed by atoms with E-state index in [-0.39, 0.29) is 6.04 Å². The summed E-state index contributed by atoms with van der Waals surface area (Å²) in [5.41, 5.74) is 0. The predicted molar refractivity (Wildman–Crippen MR) is 95.3 cm³/mol. The number of hydrogen-bond donors (Lipinski definition) is 1. The van der Waals surface area contributed by atoms with Gasteiger partial charge in [-0.25, -0.2) is 8.42 Å². The molecule has 0 amide bonds. The Morgan fingerprint density at radius 2 is 1.91 bits per heavy atom. The van der Waals surface area contributed by atoms with E-state index < -0.39 is 10.0 Å². The van der Waals surface area contributed by atoms with Gasteiger partial charge in [0.2, 0.25) is 10.0 Å². The summed E-state index contributed by atoms with van der Waals surface area (Å²) in [6, 6.07) is 7.07. The molecule has 0 unspecified atom stereocenters. The SMILES string of the molecule is CC(C)NC(=S)N1CCN(S(=O)(=O)c2cccc(Br)c2)CC1. The summed E-state index contributed by atoms with van der Waals surface area (Å²) in [6.07, 6.45) is 0. The van der Waals surface area contributed by atoms with Crippen LogP contribution >= 0.6 is 28.1 Å². The third kappa shape index (κ3) is 4.18. The van der Waals surface area contributed by atoms with Gasteiger partial charge in [0.15, 0.2) is 5.11 Å². The Labute approximate surface area is 145 Å². The van der Waals surface area contributed by atoms with Gasteiger partial charge in [-0.2, -0.15) is 4.31 Å². The third-order valence-electron chi connectivity index (χ3n) is 3.37. The molecule has 1 aromatic rings. The summed E-state index contributed by atoms with van der Waals surface area (Å²) in [5.74, 6) is 0. The Morgan fingerprint density at radius 3 is 2.45 bits per heavy atom. The van der Waals surface area contributed by atoms with E-state index in [4.69, 9.17) is 12.2 Å². The van der Waals surface area contributed by atoms with Crippen LogP contribution in [0.5, 0.6) is 0 Å². The summed E-state index contributed by atoms with van der Waals surface area (Å²) in [4.78, 5) is 2.33. The lowest BCUT2D eigenvalue weighted by Gasteiger charge is -2.36. The van der Waals surface area contributed by atoms with Crippen molar-refractivity contribution in [3.63, 3.8) is 0 Å². The molecule has 1 fully saturated rings. The molecule has 1 saturated heterocycles. The molecule has 5 nitrogen and oxygen atoms in total. The second-order valence-corrected chi connectivity index (χ2v) is 8.69. The largest absolute Gasteiger partial charge is 0.360 e. The molecule has 0 aliphatic carbocycles. The van der Waals surface area contributed by atoms with Gasteiger partial charge in [0, 0.05) is 36.7 Å². The monoisotopic (exact) mass is 405 g/mol. The first kappa shape index (κ1) is 17.7. The molecule has 1 aliphatic rings. The normalized spacial score (nSPS) is 16.8. The van der Waals surface area contributed by atoms with Gasteiger partial charge in [-0.3, -0.25) is 0 Å². The molecule has 1 aliphatic heterocycles. The van der Waals surface area contributed by atoms with E-state index in [0.717, 1.165) is 4.47 Å². The average molecular weight is 406 g/mol. The highest BCUT2D eigenvalue weighted by Gasteiger charge is 2.29. The van der Waals surface area contributed by atoms with Crippen molar-refractivity contribution >= 4 is 43.3 Å². The van der Waals surface area contributed by atoms with Crippen LogP contribution in [0, 0.1) is 0 Å². The lowest BCUT2D eigenvalue weighted by atomic mass is 10.3. The van der Waals surface area contributed by atoms with E-state index in [1.807, 2.05) is 24.8 Å². The fraction of sp³-hybridized carbons (Fsp3) is 0.500. The fourth-order valence-electron chi connectivity index (χ4n) is 2.25. The maximum atomic E-state index is 12.6. The van der Waals surface area contributed by atoms with Crippen molar-refractivity contribution in [2.75, 3.05) is 26.2 Å². The lowest BCUT2D eigenvalue weighted by Crippen LogP contribution is -2.53. The number of halogens is 1. The Bertz CT molecular complexity index is 641. The van der Waals surface area contributed by atoms with Crippen molar-refractivity contribution < 1.29 is 8.42 Å². The van der Waals surface area contributed by atoms with E-state index >= 15 is 0 Å². The molecule has 0 atom stereocenters.